The molecule has 0 spiro atoms. The van der Waals surface area contributed by atoms with Crippen molar-refractivity contribution >= 4 is 29.2 Å². The molecule has 20 heavy (non-hydrogen) atoms. The minimum Gasteiger partial charge on any atom is -0.481 e. The van der Waals surface area contributed by atoms with E-state index in [-0.39, 0.29) is 23.0 Å². The summed E-state index contributed by atoms with van der Waals surface area (Å²) in [6.07, 6.45) is -0.215. The SMILES string of the molecule is CC(C)C(C)(CC(=O)Nc1cc(F)ccc1Cl)C(=O)O. The van der Waals surface area contributed by atoms with Crippen molar-refractivity contribution in [1.82, 2.24) is 0 Å². The maximum Gasteiger partial charge on any atom is 0.310 e. The Morgan fingerprint density at radius 2 is 2.05 bits per heavy atom. The minimum atomic E-state index is -1.19. The number of benzene rings is 1. The summed E-state index contributed by atoms with van der Waals surface area (Å²) in [5.41, 5.74) is -1.06. The monoisotopic (exact) mass is 301 g/mol. The van der Waals surface area contributed by atoms with Crippen LogP contribution in [0, 0.1) is 17.2 Å². The van der Waals surface area contributed by atoms with Crippen LogP contribution in [-0.4, -0.2) is 17.0 Å². The number of carboxylic acid groups (broad SMARTS) is 1. The molecule has 0 bridgehead atoms. The van der Waals surface area contributed by atoms with Gasteiger partial charge in [0.05, 0.1) is 16.1 Å². The average Bonchev–Trinajstić information content (AvgIpc) is 2.33. The highest BCUT2D eigenvalue weighted by atomic mass is 35.5. The van der Waals surface area contributed by atoms with E-state index >= 15 is 0 Å². The fourth-order valence-corrected chi connectivity index (χ4v) is 1.81. The van der Waals surface area contributed by atoms with Crippen LogP contribution in [0.25, 0.3) is 0 Å². The van der Waals surface area contributed by atoms with Gasteiger partial charge in [-0.3, -0.25) is 9.59 Å². The van der Waals surface area contributed by atoms with E-state index < -0.39 is 23.1 Å². The Kier molecular flexibility index (Phi) is 5.11. The van der Waals surface area contributed by atoms with Crippen LogP contribution in [0.5, 0.6) is 0 Å². The summed E-state index contributed by atoms with van der Waals surface area (Å²) in [4.78, 5) is 23.3. The smallest absolute Gasteiger partial charge is 0.310 e. The number of rotatable bonds is 5. The van der Waals surface area contributed by atoms with Gasteiger partial charge in [-0.25, -0.2) is 4.39 Å². The molecule has 0 aliphatic heterocycles. The lowest BCUT2D eigenvalue weighted by Gasteiger charge is -2.28. The summed E-state index contributed by atoms with van der Waals surface area (Å²) in [6.45, 7) is 4.97. The van der Waals surface area contributed by atoms with Crippen LogP contribution in [0.3, 0.4) is 0 Å². The molecule has 0 radical (unpaired) electrons. The van der Waals surface area contributed by atoms with Gasteiger partial charge in [-0.05, 0) is 31.0 Å². The lowest BCUT2D eigenvalue weighted by molar-refractivity contribution is -0.153. The lowest BCUT2D eigenvalue weighted by atomic mass is 9.76. The number of carboxylic acids is 1. The number of anilines is 1. The number of halogens is 2. The molecule has 0 aliphatic carbocycles. The zero-order valence-electron chi connectivity index (χ0n) is 11.5. The van der Waals surface area contributed by atoms with Crippen molar-refractivity contribution in [3.05, 3.63) is 29.0 Å². The Morgan fingerprint density at radius 3 is 2.55 bits per heavy atom. The van der Waals surface area contributed by atoms with Crippen LogP contribution in [-0.2, 0) is 9.59 Å². The van der Waals surface area contributed by atoms with E-state index in [9.17, 15) is 19.1 Å². The number of amides is 1. The zero-order chi connectivity index (χ0) is 15.5. The fourth-order valence-electron chi connectivity index (χ4n) is 1.65. The van der Waals surface area contributed by atoms with Crippen molar-refractivity contribution in [2.24, 2.45) is 11.3 Å². The van der Waals surface area contributed by atoms with Gasteiger partial charge in [0.15, 0.2) is 0 Å². The van der Waals surface area contributed by atoms with Crippen molar-refractivity contribution in [2.45, 2.75) is 27.2 Å². The normalized spacial score (nSPS) is 13.9. The van der Waals surface area contributed by atoms with Gasteiger partial charge >= 0.3 is 5.97 Å². The number of aliphatic carboxylic acids is 1. The maximum atomic E-state index is 13.1. The Hall–Kier alpha value is -1.62. The molecule has 0 aromatic heterocycles. The summed E-state index contributed by atoms with van der Waals surface area (Å²) in [5, 5.41) is 11.9. The molecule has 2 N–H and O–H groups in total. The molecule has 0 fully saturated rings. The molecular formula is C14H17ClFNO3. The molecular weight excluding hydrogens is 285 g/mol. The highest BCUT2D eigenvalue weighted by Crippen LogP contribution is 2.32. The average molecular weight is 302 g/mol. The summed E-state index contributed by atoms with van der Waals surface area (Å²) >= 11 is 5.84. The van der Waals surface area contributed by atoms with Crippen molar-refractivity contribution in [3.63, 3.8) is 0 Å². The second-order valence-electron chi connectivity index (χ2n) is 5.23. The summed E-state index contributed by atoms with van der Waals surface area (Å²) < 4.78 is 13.1. The minimum absolute atomic E-state index is 0.133. The molecule has 1 rings (SSSR count). The van der Waals surface area contributed by atoms with Crippen LogP contribution in [0.15, 0.2) is 18.2 Å². The number of hydrogen-bond donors (Lipinski definition) is 2. The summed E-state index contributed by atoms with van der Waals surface area (Å²) in [6, 6.07) is 3.59. The fraction of sp³-hybridized carbons (Fsp3) is 0.429. The zero-order valence-corrected chi connectivity index (χ0v) is 12.3. The van der Waals surface area contributed by atoms with Crippen LogP contribution < -0.4 is 5.32 Å². The van der Waals surface area contributed by atoms with Crippen LogP contribution in [0.4, 0.5) is 10.1 Å². The first-order chi connectivity index (χ1) is 9.16. The standard InChI is InChI=1S/C14H17ClFNO3/c1-8(2)14(3,13(19)20)7-12(18)17-11-6-9(16)4-5-10(11)15/h4-6,8H,7H2,1-3H3,(H,17,18)(H,19,20). The second-order valence-corrected chi connectivity index (χ2v) is 5.63. The molecule has 1 unspecified atom stereocenters. The number of carbonyl (C=O) groups excluding carboxylic acids is 1. The topological polar surface area (TPSA) is 66.4 Å². The van der Waals surface area contributed by atoms with Crippen molar-refractivity contribution < 1.29 is 19.1 Å². The number of nitrogens with one attached hydrogen (secondary N) is 1. The summed E-state index contributed by atoms with van der Waals surface area (Å²) in [7, 11) is 0. The third kappa shape index (κ3) is 3.70. The molecule has 110 valence electrons. The largest absolute Gasteiger partial charge is 0.481 e. The van der Waals surface area contributed by atoms with E-state index in [2.05, 4.69) is 5.32 Å². The van der Waals surface area contributed by atoms with Gasteiger partial charge in [-0.2, -0.15) is 0 Å². The van der Waals surface area contributed by atoms with Gasteiger partial charge in [0.2, 0.25) is 5.91 Å². The molecule has 1 amide bonds. The van der Waals surface area contributed by atoms with Crippen molar-refractivity contribution in [3.8, 4) is 0 Å². The van der Waals surface area contributed by atoms with E-state index in [1.807, 2.05) is 0 Å². The van der Waals surface area contributed by atoms with E-state index in [4.69, 9.17) is 11.6 Å². The Bertz CT molecular complexity index is 533. The second kappa shape index (κ2) is 6.22. The Morgan fingerprint density at radius 1 is 1.45 bits per heavy atom. The van der Waals surface area contributed by atoms with Gasteiger partial charge in [0, 0.05) is 6.42 Å². The Balaban J connectivity index is 2.87. The van der Waals surface area contributed by atoms with Crippen molar-refractivity contribution in [1.29, 1.82) is 0 Å². The lowest BCUT2D eigenvalue weighted by Crippen LogP contribution is -2.37. The molecule has 0 aliphatic rings. The first-order valence-electron chi connectivity index (χ1n) is 6.15. The van der Waals surface area contributed by atoms with Crippen molar-refractivity contribution in [2.75, 3.05) is 5.32 Å². The van der Waals surface area contributed by atoms with E-state index in [1.165, 1.54) is 19.1 Å². The Labute approximate surface area is 121 Å². The van der Waals surface area contributed by atoms with Crippen LogP contribution in [0.2, 0.25) is 5.02 Å². The molecule has 0 saturated carbocycles. The highest BCUT2D eigenvalue weighted by molar-refractivity contribution is 6.33. The van der Waals surface area contributed by atoms with E-state index in [0.29, 0.717) is 0 Å². The summed E-state index contributed by atoms with van der Waals surface area (Å²) in [5.74, 6) is -2.33. The number of carbonyl (C=O) groups is 2. The first-order valence-corrected chi connectivity index (χ1v) is 6.53. The van der Waals surface area contributed by atoms with Gasteiger partial charge < -0.3 is 10.4 Å². The van der Waals surface area contributed by atoms with Gasteiger partial charge in [0.25, 0.3) is 0 Å². The highest BCUT2D eigenvalue weighted by Gasteiger charge is 2.38. The van der Waals surface area contributed by atoms with Crippen LogP contribution in [0.1, 0.15) is 27.2 Å². The van der Waals surface area contributed by atoms with Crippen LogP contribution >= 0.6 is 11.6 Å². The van der Waals surface area contributed by atoms with E-state index in [1.54, 1.807) is 13.8 Å². The van der Waals surface area contributed by atoms with Gasteiger partial charge in [-0.15, -0.1) is 0 Å². The third-order valence-electron chi connectivity index (χ3n) is 3.49. The maximum absolute atomic E-state index is 13.1. The molecule has 1 atom stereocenters. The third-order valence-corrected chi connectivity index (χ3v) is 3.82. The molecule has 1 aromatic carbocycles. The quantitative estimate of drug-likeness (QED) is 0.874. The van der Waals surface area contributed by atoms with Gasteiger partial charge in [0.1, 0.15) is 5.82 Å². The van der Waals surface area contributed by atoms with E-state index in [0.717, 1.165) is 6.07 Å². The molecule has 1 aromatic rings. The number of hydrogen-bond acceptors (Lipinski definition) is 2. The predicted octanol–water partition coefficient (Wildman–Crippen LogP) is 3.55. The molecule has 0 heterocycles. The molecule has 4 nitrogen and oxygen atoms in total. The first kappa shape index (κ1) is 16.4. The molecule has 0 saturated heterocycles. The molecule has 6 heteroatoms. The predicted molar refractivity (Wildman–Crippen MR) is 75.2 cm³/mol. The van der Waals surface area contributed by atoms with Gasteiger partial charge in [-0.1, -0.05) is 25.4 Å².